The summed E-state index contributed by atoms with van der Waals surface area (Å²) in [6.07, 6.45) is 9.31. The predicted octanol–water partition coefficient (Wildman–Crippen LogP) is 3.05. The highest BCUT2D eigenvalue weighted by atomic mass is 16.5. The Kier molecular flexibility index (Phi) is 8.74. The van der Waals surface area contributed by atoms with Gasteiger partial charge >= 0.3 is 5.97 Å². The second-order valence-electron chi connectivity index (χ2n) is 5.29. The number of esters is 1. The minimum Gasteiger partial charge on any atom is -0.462 e. The number of aromatic nitrogens is 2. The summed E-state index contributed by atoms with van der Waals surface area (Å²) in [5, 5.41) is 7.53. The van der Waals surface area contributed by atoms with Crippen molar-refractivity contribution in [2.24, 2.45) is 7.05 Å². The zero-order valence-electron chi connectivity index (χ0n) is 13.7. The third-order valence-electron chi connectivity index (χ3n) is 3.56. The van der Waals surface area contributed by atoms with Crippen molar-refractivity contribution >= 4 is 5.97 Å². The maximum atomic E-state index is 11.8. The maximum absolute atomic E-state index is 11.8. The summed E-state index contributed by atoms with van der Waals surface area (Å²) in [4.78, 5) is 11.8. The van der Waals surface area contributed by atoms with Gasteiger partial charge in [-0.15, -0.1) is 0 Å². The van der Waals surface area contributed by atoms with Gasteiger partial charge in [0.25, 0.3) is 0 Å². The highest BCUT2D eigenvalue weighted by Gasteiger charge is 2.16. The molecule has 0 fully saturated rings. The monoisotopic (exact) mass is 295 g/mol. The molecule has 1 heterocycles. The van der Waals surface area contributed by atoms with E-state index < -0.39 is 0 Å². The van der Waals surface area contributed by atoms with Crippen molar-refractivity contribution in [3.05, 3.63) is 17.5 Å². The van der Waals surface area contributed by atoms with Gasteiger partial charge in [-0.2, -0.15) is 5.10 Å². The van der Waals surface area contributed by atoms with Crippen molar-refractivity contribution in [2.75, 3.05) is 13.2 Å². The fraction of sp³-hybridized carbons (Fsp3) is 0.750. The van der Waals surface area contributed by atoms with Crippen LogP contribution in [0, 0.1) is 0 Å². The van der Waals surface area contributed by atoms with Crippen LogP contribution >= 0.6 is 0 Å². The van der Waals surface area contributed by atoms with Crippen molar-refractivity contribution in [2.45, 2.75) is 58.9 Å². The minimum atomic E-state index is -0.290. The van der Waals surface area contributed by atoms with Crippen molar-refractivity contribution in [3.63, 3.8) is 0 Å². The van der Waals surface area contributed by atoms with Crippen molar-refractivity contribution in [1.29, 1.82) is 0 Å². The number of ether oxygens (including phenoxy) is 1. The summed E-state index contributed by atoms with van der Waals surface area (Å²) in [7, 11) is 1.85. The van der Waals surface area contributed by atoms with E-state index in [-0.39, 0.29) is 5.97 Å². The molecule has 120 valence electrons. The molecule has 5 nitrogen and oxygen atoms in total. The van der Waals surface area contributed by atoms with Gasteiger partial charge in [-0.1, -0.05) is 39.0 Å². The first-order valence-corrected chi connectivity index (χ1v) is 8.09. The van der Waals surface area contributed by atoms with Crippen LogP contribution in [0.3, 0.4) is 0 Å². The smallest absolute Gasteiger partial charge is 0.341 e. The highest BCUT2D eigenvalue weighted by Crippen LogP contribution is 2.09. The van der Waals surface area contributed by atoms with Gasteiger partial charge in [0.1, 0.15) is 5.56 Å². The molecule has 0 saturated heterocycles. The number of aryl methyl sites for hydroxylation is 1. The van der Waals surface area contributed by atoms with Crippen molar-refractivity contribution in [3.8, 4) is 0 Å². The Hall–Kier alpha value is -1.36. The molecule has 5 heteroatoms. The molecule has 0 spiro atoms. The van der Waals surface area contributed by atoms with Gasteiger partial charge in [0.15, 0.2) is 0 Å². The van der Waals surface area contributed by atoms with E-state index in [0.29, 0.717) is 18.7 Å². The lowest BCUT2D eigenvalue weighted by Crippen LogP contribution is -2.19. The molecule has 0 atom stereocenters. The number of carbonyl (C=O) groups excluding carboxylic acids is 1. The number of hydrogen-bond donors (Lipinski definition) is 1. The van der Waals surface area contributed by atoms with E-state index in [4.69, 9.17) is 4.74 Å². The van der Waals surface area contributed by atoms with Crippen LogP contribution in [0.5, 0.6) is 0 Å². The van der Waals surface area contributed by atoms with Gasteiger partial charge < -0.3 is 10.1 Å². The molecule has 0 radical (unpaired) electrons. The van der Waals surface area contributed by atoms with Crippen LogP contribution in [0.4, 0.5) is 0 Å². The standard InChI is InChI=1S/C16H29N3O2/c1-4-6-7-8-9-10-11-17-13-15-14(12-18-19(15)3)16(20)21-5-2/h12,17H,4-11,13H2,1-3H3. The molecule has 0 bridgehead atoms. The molecule has 0 aromatic carbocycles. The molecule has 1 rings (SSSR count). The van der Waals surface area contributed by atoms with Crippen LogP contribution in [0.2, 0.25) is 0 Å². The van der Waals surface area contributed by atoms with Gasteiger partial charge in [-0.25, -0.2) is 4.79 Å². The quantitative estimate of drug-likeness (QED) is 0.503. The molecule has 0 amide bonds. The van der Waals surface area contributed by atoms with Gasteiger partial charge in [-0.05, 0) is 19.9 Å². The Morgan fingerprint density at radius 2 is 1.95 bits per heavy atom. The Balaban J connectivity index is 2.28. The zero-order chi connectivity index (χ0) is 15.5. The van der Waals surface area contributed by atoms with E-state index in [1.165, 1.54) is 38.5 Å². The fourth-order valence-corrected chi connectivity index (χ4v) is 2.29. The third kappa shape index (κ3) is 6.29. The zero-order valence-corrected chi connectivity index (χ0v) is 13.7. The summed E-state index contributed by atoms with van der Waals surface area (Å²) in [5.41, 5.74) is 1.45. The van der Waals surface area contributed by atoms with E-state index in [1.807, 2.05) is 14.0 Å². The summed E-state index contributed by atoms with van der Waals surface area (Å²) in [5.74, 6) is -0.290. The number of carbonyl (C=O) groups is 1. The normalized spacial score (nSPS) is 10.8. The largest absolute Gasteiger partial charge is 0.462 e. The molecule has 0 aliphatic carbocycles. The van der Waals surface area contributed by atoms with Gasteiger partial charge in [0.05, 0.1) is 18.5 Å². The van der Waals surface area contributed by atoms with E-state index in [2.05, 4.69) is 17.3 Å². The van der Waals surface area contributed by atoms with Crippen LogP contribution in [-0.2, 0) is 18.3 Å². The number of nitrogens with zero attached hydrogens (tertiary/aromatic N) is 2. The molecule has 0 unspecified atom stereocenters. The van der Waals surface area contributed by atoms with Crippen LogP contribution < -0.4 is 5.32 Å². The molecule has 1 N–H and O–H groups in total. The second-order valence-corrected chi connectivity index (χ2v) is 5.29. The van der Waals surface area contributed by atoms with E-state index in [0.717, 1.165) is 12.2 Å². The predicted molar refractivity (Wildman–Crippen MR) is 84.2 cm³/mol. The Bertz CT molecular complexity index is 416. The Morgan fingerprint density at radius 1 is 1.24 bits per heavy atom. The van der Waals surface area contributed by atoms with E-state index >= 15 is 0 Å². The molecule has 0 saturated carbocycles. The van der Waals surface area contributed by atoms with Crippen LogP contribution in [0.25, 0.3) is 0 Å². The van der Waals surface area contributed by atoms with Gasteiger partial charge in [-0.3, -0.25) is 4.68 Å². The Morgan fingerprint density at radius 3 is 2.67 bits per heavy atom. The highest BCUT2D eigenvalue weighted by molar-refractivity contribution is 5.90. The topological polar surface area (TPSA) is 56.1 Å². The SMILES string of the molecule is CCCCCCCCNCc1c(C(=O)OCC)cnn1C. The molecule has 21 heavy (non-hydrogen) atoms. The maximum Gasteiger partial charge on any atom is 0.341 e. The van der Waals surface area contributed by atoms with Gasteiger partial charge in [0, 0.05) is 13.6 Å². The third-order valence-corrected chi connectivity index (χ3v) is 3.56. The Labute approximate surface area is 128 Å². The summed E-state index contributed by atoms with van der Waals surface area (Å²) >= 11 is 0. The summed E-state index contributed by atoms with van der Waals surface area (Å²) in [6.45, 7) is 6.05. The molecule has 0 aliphatic heterocycles. The number of nitrogens with one attached hydrogen (secondary N) is 1. The molecule has 0 aliphatic rings. The first-order chi connectivity index (χ1) is 10.2. The second kappa shape index (κ2) is 10.4. The minimum absolute atomic E-state index is 0.290. The molecule has 1 aromatic heterocycles. The van der Waals surface area contributed by atoms with Crippen LogP contribution in [0.15, 0.2) is 6.20 Å². The molecular formula is C16H29N3O2. The van der Waals surface area contributed by atoms with Crippen molar-refractivity contribution in [1.82, 2.24) is 15.1 Å². The van der Waals surface area contributed by atoms with Crippen LogP contribution in [0.1, 0.15) is 68.4 Å². The lowest BCUT2D eigenvalue weighted by atomic mass is 10.1. The fourth-order valence-electron chi connectivity index (χ4n) is 2.29. The lowest BCUT2D eigenvalue weighted by molar-refractivity contribution is 0.0524. The van der Waals surface area contributed by atoms with E-state index in [9.17, 15) is 4.79 Å². The first kappa shape index (κ1) is 17.7. The molecule has 1 aromatic rings. The van der Waals surface area contributed by atoms with Crippen LogP contribution in [-0.4, -0.2) is 28.9 Å². The molecular weight excluding hydrogens is 266 g/mol. The number of hydrogen-bond acceptors (Lipinski definition) is 4. The number of rotatable bonds is 11. The average molecular weight is 295 g/mol. The summed E-state index contributed by atoms with van der Waals surface area (Å²) < 4.78 is 6.78. The van der Waals surface area contributed by atoms with Gasteiger partial charge in [0.2, 0.25) is 0 Å². The summed E-state index contributed by atoms with van der Waals surface area (Å²) in [6, 6.07) is 0. The van der Waals surface area contributed by atoms with Crippen molar-refractivity contribution < 1.29 is 9.53 Å². The number of unbranched alkanes of at least 4 members (excludes halogenated alkanes) is 5. The van der Waals surface area contributed by atoms with E-state index in [1.54, 1.807) is 10.9 Å². The lowest BCUT2D eigenvalue weighted by Gasteiger charge is -2.08. The average Bonchev–Trinajstić information content (AvgIpc) is 2.83. The first-order valence-electron chi connectivity index (χ1n) is 8.09.